The molecule has 0 spiro atoms. The van der Waals surface area contributed by atoms with Crippen molar-refractivity contribution in [1.82, 2.24) is 9.62 Å². The van der Waals surface area contributed by atoms with E-state index in [-0.39, 0.29) is 6.04 Å². The first-order valence-corrected chi connectivity index (χ1v) is 9.21. The fourth-order valence-electron chi connectivity index (χ4n) is 3.00. The molecule has 21 heavy (non-hydrogen) atoms. The van der Waals surface area contributed by atoms with Crippen molar-refractivity contribution >= 4 is 10.0 Å². The highest BCUT2D eigenvalue weighted by atomic mass is 32.2. The van der Waals surface area contributed by atoms with Gasteiger partial charge >= 0.3 is 0 Å². The summed E-state index contributed by atoms with van der Waals surface area (Å²) < 4.78 is 27.2. The molecule has 1 N–H and O–H groups in total. The predicted octanol–water partition coefficient (Wildman–Crippen LogP) is 2.75. The summed E-state index contributed by atoms with van der Waals surface area (Å²) in [7, 11) is 0.202. The number of rotatable bonds is 5. The topological polar surface area (TPSA) is 49.4 Å². The van der Waals surface area contributed by atoms with Crippen LogP contribution in [0.4, 0.5) is 0 Å². The second kappa shape index (κ2) is 7.38. The number of hydrogen-bond donors (Lipinski definition) is 1. The van der Waals surface area contributed by atoms with E-state index in [1.807, 2.05) is 19.2 Å². The standard InChI is InChI=1S/C16H26N2O2S/c1-17-13-14-8-7-11-16(12-14)21(19,20)18(2)15-9-5-3-4-6-10-15/h7-8,11-12,15,17H,3-6,9-10,13H2,1-2H3. The molecule has 2 rings (SSSR count). The van der Waals surface area contributed by atoms with E-state index in [2.05, 4.69) is 5.32 Å². The molecule has 1 aromatic rings. The Labute approximate surface area is 128 Å². The Hall–Kier alpha value is -0.910. The largest absolute Gasteiger partial charge is 0.316 e. The lowest BCUT2D eigenvalue weighted by atomic mass is 10.1. The number of nitrogens with one attached hydrogen (secondary N) is 1. The van der Waals surface area contributed by atoms with E-state index in [0.717, 1.165) is 31.2 Å². The fourth-order valence-corrected chi connectivity index (χ4v) is 4.49. The third kappa shape index (κ3) is 4.05. The molecule has 0 aliphatic heterocycles. The minimum absolute atomic E-state index is 0.144. The lowest BCUT2D eigenvalue weighted by molar-refractivity contribution is 0.335. The van der Waals surface area contributed by atoms with Crippen LogP contribution in [0, 0.1) is 0 Å². The van der Waals surface area contributed by atoms with Crippen molar-refractivity contribution in [3.8, 4) is 0 Å². The molecule has 0 atom stereocenters. The van der Waals surface area contributed by atoms with Crippen LogP contribution >= 0.6 is 0 Å². The van der Waals surface area contributed by atoms with Crippen molar-refractivity contribution in [3.63, 3.8) is 0 Å². The van der Waals surface area contributed by atoms with Crippen LogP contribution < -0.4 is 5.32 Å². The van der Waals surface area contributed by atoms with E-state index >= 15 is 0 Å². The summed E-state index contributed by atoms with van der Waals surface area (Å²) in [5.74, 6) is 0. The Morgan fingerprint density at radius 1 is 1.19 bits per heavy atom. The van der Waals surface area contributed by atoms with Crippen LogP contribution in [-0.2, 0) is 16.6 Å². The van der Waals surface area contributed by atoms with Crippen molar-refractivity contribution in [3.05, 3.63) is 29.8 Å². The lowest BCUT2D eigenvalue weighted by Crippen LogP contribution is -2.36. The van der Waals surface area contributed by atoms with Gasteiger partial charge < -0.3 is 5.32 Å². The monoisotopic (exact) mass is 310 g/mol. The summed E-state index contributed by atoms with van der Waals surface area (Å²) >= 11 is 0. The summed E-state index contributed by atoms with van der Waals surface area (Å²) in [6, 6.07) is 7.38. The minimum atomic E-state index is -3.39. The number of sulfonamides is 1. The van der Waals surface area contributed by atoms with Crippen molar-refractivity contribution in [2.75, 3.05) is 14.1 Å². The molecule has 0 unspecified atom stereocenters. The highest BCUT2D eigenvalue weighted by Gasteiger charge is 2.28. The van der Waals surface area contributed by atoms with Gasteiger partial charge in [-0.15, -0.1) is 0 Å². The Morgan fingerprint density at radius 2 is 1.86 bits per heavy atom. The zero-order chi connectivity index (χ0) is 15.3. The molecule has 1 fully saturated rings. The first-order chi connectivity index (χ1) is 10.1. The molecule has 4 nitrogen and oxygen atoms in total. The van der Waals surface area contributed by atoms with Gasteiger partial charge in [-0.25, -0.2) is 8.42 Å². The molecule has 0 bridgehead atoms. The first kappa shape index (κ1) is 16.5. The summed E-state index contributed by atoms with van der Waals surface area (Å²) in [5, 5.41) is 3.06. The molecule has 0 amide bonds. The van der Waals surface area contributed by atoms with Crippen molar-refractivity contribution < 1.29 is 8.42 Å². The molecule has 0 saturated heterocycles. The maximum atomic E-state index is 12.8. The molecule has 1 aliphatic carbocycles. The van der Waals surface area contributed by atoms with E-state index in [0.29, 0.717) is 11.4 Å². The summed E-state index contributed by atoms with van der Waals surface area (Å²) in [5.41, 5.74) is 0.993. The Bertz CT molecular complexity index is 549. The Balaban J connectivity index is 2.21. The Morgan fingerprint density at radius 3 is 2.48 bits per heavy atom. The summed E-state index contributed by atoms with van der Waals surface area (Å²) in [4.78, 5) is 0.405. The van der Waals surface area contributed by atoms with Gasteiger partial charge in [-0.2, -0.15) is 4.31 Å². The maximum Gasteiger partial charge on any atom is 0.243 e. The molecule has 1 saturated carbocycles. The van der Waals surface area contributed by atoms with Gasteiger partial charge in [0, 0.05) is 19.6 Å². The van der Waals surface area contributed by atoms with E-state index in [1.165, 1.54) is 12.8 Å². The smallest absolute Gasteiger partial charge is 0.243 e. The fraction of sp³-hybridized carbons (Fsp3) is 0.625. The average molecular weight is 310 g/mol. The van der Waals surface area contributed by atoms with E-state index in [1.54, 1.807) is 23.5 Å². The van der Waals surface area contributed by atoms with Crippen LogP contribution in [-0.4, -0.2) is 32.9 Å². The van der Waals surface area contributed by atoms with Gasteiger partial charge in [0.05, 0.1) is 4.90 Å². The van der Waals surface area contributed by atoms with Gasteiger partial charge in [-0.1, -0.05) is 37.8 Å². The molecule has 0 heterocycles. The zero-order valence-electron chi connectivity index (χ0n) is 13.0. The first-order valence-electron chi connectivity index (χ1n) is 7.77. The predicted molar refractivity (Wildman–Crippen MR) is 85.6 cm³/mol. The minimum Gasteiger partial charge on any atom is -0.316 e. The highest BCUT2D eigenvalue weighted by Crippen LogP contribution is 2.26. The molecule has 5 heteroatoms. The second-order valence-electron chi connectivity index (χ2n) is 5.84. The SMILES string of the molecule is CNCc1cccc(S(=O)(=O)N(C)C2CCCCCC2)c1. The highest BCUT2D eigenvalue weighted by molar-refractivity contribution is 7.89. The molecule has 0 radical (unpaired) electrons. The van der Waals surface area contributed by atoms with Crippen molar-refractivity contribution in [1.29, 1.82) is 0 Å². The molecular formula is C16H26N2O2S. The second-order valence-corrected chi connectivity index (χ2v) is 7.84. The molecule has 0 aromatic heterocycles. The van der Waals surface area contributed by atoms with E-state index in [9.17, 15) is 8.42 Å². The molecule has 1 aromatic carbocycles. The molecular weight excluding hydrogens is 284 g/mol. The maximum absolute atomic E-state index is 12.8. The van der Waals surface area contributed by atoms with Crippen LogP contribution in [0.15, 0.2) is 29.2 Å². The van der Waals surface area contributed by atoms with E-state index in [4.69, 9.17) is 0 Å². The normalized spacial score (nSPS) is 17.9. The van der Waals surface area contributed by atoms with Crippen LogP contribution in [0.2, 0.25) is 0 Å². The third-order valence-electron chi connectivity index (χ3n) is 4.30. The average Bonchev–Trinajstić information content (AvgIpc) is 2.76. The zero-order valence-corrected chi connectivity index (χ0v) is 13.8. The number of benzene rings is 1. The van der Waals surface area contributed by atoms with Crippen molar-refractivity contribution in [2.45, 2.75) is 56.0 Å². The third-order valence-corrected chi connectivity index (χ3v) is 6.20. The van der Waals surface area contributed by atoms with Gasteiger partial charge in [0.15, 0.2) is 0 Å². The van der Waals surface area contributed by atoms with Crippen molar-refractivity contribution in [2.24, 2.45) is 0 Å². The van der Waals surface area contributed by atoms with Crippen LogP contribution in [0.1, 0.15) is 44.1 Å². The van der Waals surface area contributed by atoms with Crippen LogP contribution in [0.3, 0.4) is 0 Å². The van der Waals surface area contributed by atoms with Crippen LogP contribution in [0.5, 0.6) is 0 Å². The molecule has 1 aliphatic rings. The van der Waals surface area contributed by atoms with Gasteiger partial charge in [0.25, 0.3) is 0 Å². The summed E-state index contributed by atoms with van der Waals surface area (Å²) in [6.07, 6.45) is 6.66. The lowest BCUT2D eigenvalue weighted by Gasteiger charge is -2.26. The Kier molecular flexibility index (Phi) is 5.79. The van der Waals surface area contributed by atoms with Gasteiger partial charge in [-0.05, 0) is 37.6 Å². The van der Waals surface area contributed by atoms with Gasteiger partial charge in [-0.3, -0.25) is 0 Å². The van der Waals surface area contributed by atoms with Crippen LogP contribution in [0.25, 0.3) is 0 Å². The number of nitrogens with zero attached hydrogens (tertiary/aromatic N) is 1. The number of hydrogen-bond acceptors (Lipinski definition) is 3. The van der Waals surface area contributed by atoms with Gasteiger partial charge in [0.1, 0.15) is 0 Å². The van der Waals surface area contributed by atoms with Gasteiger partial charge in [0.2, 0.25) is 10.0 Å². The quantitative estimate of drug-likeness (QED) is 0.851. The summed E-state index contributed by atoms with van der Waals surface area (Å²) in [6.45, 7) is 0.677. The molecule has 118 valence electrons. The van der Waals surface area contributed by atoms with E-state index < -0.39 is 10.0 Å².